The Labute approximate surface area is 113 Å². The topological polar surface area (TPSA) is 69.6 Å². The summed E-state index contributed by atoms with van der Waals surface area (Å²) in [7, 11) is 0. The standard InChI is InChI=1S/C14H22N2O3/c17-12-4-2-1-3-11(12)15-14(19)9-7-13(18)16(8-9)10-5-6-10/h9-12,17H,1-8H2,(H,15,19)/t9?,11-,12-/m0/s1. The van der Waals surface area contributed by atoms with Crippen molar-refractivity contribution in [3.05, 3.63) is 0 Å². The molecular formula is C14H22N2O3. The van der Waals surface area contributed by atoms with E-state index in [1.165, 1.54) is 0 Å². The molecule has 1 saturated heterocycles. The third-order valence-corrected chi connectivity index (χ3v) is 4.57. The van der Waals surface area contributed by atoms with Gasteiger partial charge >= 0.3 is 0 Å². The smallest absolute Gasteiger partial charge is 0.225 e. The van der Waals surface area contributed by atoms with Crippen LogP contribution in [0.5, 0.6) is 0 Å². The van der Waals surface area contributed by atoms with E-state index < -0.39 is 6.10 Å². The Morgan fingerprint density at radius 1 is 1.21 bits per heavy atom. The third kappa shape index (κ3) is 2.76. The maximum atomic E-state index is 12.2. The summed E-state index contributed by atoms with van der Waals surface area (Å²) in [6, 6.07) is 0.275. The first-order chi connectivity index (χ1) is 9.15. The Morgan fingerprint density at radius 2 is 1.95 bits per heavy atom. The molecule has 19 heavy (non-hydrogen) atoms. The molecule has 0 radical (unpaired) electrons. The molecule has 3 aliphatic rings. The fraction of sp³-hybridized carbons (Fsp3) is 0.857. The number of hydrogen-bond acceptors (Lipinski definition) is 3. The number of amides is 2. The van der Waals surface area contributed by atoms with E-state index in [1.54, 1.807) is 0 Å². The Kier molecular flexibility index (Phi) is 3.48. The van der Waals surface area contributed by atoms with E-state index in [0.717, 1.165) is 38.5 Å². The van der Waals surface area contributed by atoms with E-state index in [0.29, 0.717) is 19.0 Å². The van der Waals surface area contributed by atoms with Crippen molar-refractivity contribution in [2.75, 3.05) is 6.54 Å². The van der Waals surface area contributed by atoms with Crippen LogP contribution in [0.15, 0.2) is 0 Å². The van der Waals surface area contributed by atoms with Crippen LogP contribution in [0.1, 0.15) is 44.9 Å². The molecule has 2 N–H and O–H groups in total. The Balaban J connectivity index is 1.54. The lowest BCUT2D eigenvalue weighted by Gasteiger charge is -2.29. The van der Waals surface area contributed by atoms with Gasteiger partial charge in [0.15, 0.2) is 0 Å². The highest BCUT2D eigenvalue weighted by Gasteiger charge is 2.42. The average molecular weight is 266 g/mol. The van der Waals surface area contributed by atoms with Gasteiger partial charge in [0.2, 0.25) is 11.8 Å². The molecule has 0 aromatic carbocycles. The molecule has 3 rings (SSSR count). The molecule has 2 aliphatic carbocycles. The molecule has 2 saturated carbocycles. The first-order valence-corrected chi connectivity index (χ1v) is 7.43. The minimum atomic E-state index is -0.422. The monoisotopic (exact) mass is 266 g/mol. The summed E-state index contributed by atoms with van der Waals surface area (Å²) in [6.45, 7) is 0.568. The lowest BCUT2D eigenvalue weighted by Crippen LogP contribution is -2.47. The molecule has 0 spiro atoms. The van der Waals surface area contributed by atoms with Crippen LogP contribution in [0.2, 0.25) is 0 Å². The van der Waals surface area contributed by atoms with Crippen molar-refractivity contribution < 1.29 is 14.7 Å². The van der Waals surface area contributed by atoms with Crippen molar-refractivity contribution in [2.45, 2.75) is 63.1 Å². The number of rotatable bonds is 3. The molecular weight excluding hydrogens is 244 g/mol. The summed E-state index contributed by atoms with van der Waals surface area (Å²) in [4.78, 5) is 25.9. The van der Waals surface area contributed by atoms with Crippen molar-refractivity contribution in [1.82, 2.24) is 10.2 Å². The Bertz CT molecular complexity index is 381. The van der Waals surface area contributed by atoms with Gasteiger partial charge in [-0.3, -0.25) is 9.59 Å². The predicted octanol–water partition coefficient (Wildman–Crippen LogP) is 0.417. The Hall–Kier alpha value is -1.10. The maximum Gasteiger partial charge on any atom is 0.225 e. The van der Waals surface area contributed by atoms with Gasteiger partial charge in [-0.05, 0) is 25.7 Å². The molecule has 5 nitrogen and oxygen atoms in total. The molecule has 2 amide bonds. The van der Waals surface area contributed by atoms with Crippen LogP contribution >= 0.6 is 0 Å². The van der Waals surface area contributed by atoms with E-state index in [-0.39, 0.29) is 23.8 Å². The van der Waals surface area contributed by atoms with Crippen molar-refractivity contribution >= 4 is 11.8 Å². The van der Waals surface area contributed by atoms with Crippen molar-refractivity contribution in [2.24, 2.45) is 5.92 Å². The lowest BCUT2D eigenvalue weighted by molar-refractivity contribution is -0.129. The second-order valence-electron chi connectivity index (χ2n) is 6.15. The molecule has 1 aliphatic heterocycles. The number of likely N-dealkylation sites (tertiary alicyclic amines) is 1. The zero-order chi connectivity index (χ0) is 13.4. The fourth-order valence-electron chi connectivity index (χ4n) is 3.23. The van der Waals surface area contributed by atoms with Crippen LogP contribution in [0.25, 0.3) is 0 Å². The van der Waals surface area contributed by atoms with Crippen LogP contribution in [0, 0.1) is 5.92 Å². The molecule has 0 aromatic rings. The van der Waals surface area contributed by atoms with Crippen LogP contribution in [0.4, 0.5) is 0 Å². The summed E-state index contributed by atoms with van der Waals surface area (Å²) < 4.78 is 0. The normalized spacial score (nSPS) is 35.5. The van der Waals surface area contributed by atoms with Crippen LogP contribution in [-0.2, 0) is 9.59 Å². The summed E-state index contributed by atoms with van der Waals surface area (Å²) in [6.07, 6.45) is 5.79. The highest BCUT2D eigenvalue weighted by Crippen LogP contribution is 2.32. The van der Waals surface area contributed by atoms with E-state index in [4.69, 9.17) is 0 Å². The van der Waals surface area contributed by atoms with Gasteiger partial charge in [0.25, 0.3) is 0 Å². The quantitative estimate of drug-likeness (QED) is 0.777. The average Bonchev–Trinajstić information content (AvgIpc) is 3.15. The largest absolute Gasteiger partial charge is 0.391 e. The van der Waals surface area contributed by atoms with Gasteiger partial charge in [0, 0.05) is 19.0 Å². The second kappa shape index (κ2) is 5.12. The van der Waals surface area contributed by atoms with Crippen LogP contribution in [0.3, 0.4) is 0 Å². The van der Waals surface area contributed by atoms with Crippen molar-refractivity contribution in [3.8, 4) is 0 Å². The number of nitrogens with zero attached hydrogens (tertiary/aromatic N) is 1. The molecule has 5 heteroatoms. The second-order valence-corrected chi connectivity index (χ2v) is 6.15. The number of carbonyl (C=O) groups is 2. The van der Waals surface area contributed by atoms with Crippen molar-refractivity contribution in [3.63, 3.8) is 0 Å². The van der Waals surface area contributed by atoms with Crippen LogP contribution < -0.4 is 5.32 Å². The van der Waals surface area contributed by atoms with Crippen LogP contribution in [-0.4, -0.2) is 46.6 Å². The number of aliphatic hydroxyl groups excluding tert-OH is 1. The van der Waals surface area contributed by atoms with Gasteiger partial charge in [-0.25, -0.2) is 0 Å². The number of hydrogen-bond donors (Lipinski definition) is 2. The highest BCUT2D eigenvalue weighted by molar-refractivity contribution is 5.89. The summed E-state index contributed by atoms with van der Waals surface area (Å²) in [5.74, 6) is -0.156. The van der Waals surface area contributed by atoms with Gasteiger partial charge < -0.3 is 15.3 Å². The van der Waals surface area contributed by atoms with Gasteiger partial charge in [-0.15, -0.1) is 0 Å². The number of aliphatic hydroxyl groups is 1. The zero-order valence-corrected chi connectivity index (χ0v) is 11.2. The van der Waals surface area contributed by atoms with Crippen molar-refractivity contribution in [1.29, 1.82) is 0 Å². The van der Waals surface area contributed by atoms with Gasteiger partial charge in [0.1, 0.15) is 0 Å². The van der Waals surface area contributed by atoms with E-state index in [9.17, 15) is 14.7 Å². The summed E-state index contributed by atoms with van der Waals surface area (Å²) in [5, 5.41) is 12.8. The Morgan fingerprint density at radius 3 is 2.63 bits per heavy atom. The van der Waals surface area contributed by atoms with E-state index in [1.807, 2.05) is 4.90 Å². The minimum absolute atomic E-state index is 0.0533. The van der Waals surface area contributed by atoms with Gasteiger partial charge in [-0.1, -0.05) is 12.8 Å². The van der Waals surface area contributed by atoms with E-state index in [2.05, 4.69) is 5.32 Å². The molecule has 3 fully saturated rings. The first-order valence-electron chi connectivity index (χ1n) is 7.43. The fourth-order valence-corrected chi connectivity index (χ4v) is 3.23. The number of carbonyl (C=O) groups excluding carboxylic acids is 2. The number of nitrogens with one attached hydrogen (secondary N) is 1. The third-order valence-electron chi connectivity index (χ3n) is 4.57. The molecule has 0 bridgehead atoms. The maximum absolute atomic E-state index is 12.2. The lowest BCUT2D eigenvalue weighted by atomic mass is 9.92. The van der Waals surface area contributed by atoms with Gasteiger partial charge in [-0.2, -0.15) is 0 Å². The summed E-state index contributed by atoms with van der Waals surface area (Å²) >= 11 is 0. The minimum Gasteiger partial charge on any atom is -0.391 e. The molecule has 106 valence electrons. The molecule has 1 unspecified atom stereocenters. The SMILES string of the molecule is O=C(N[C@H]1CCCC[C@@H]1O)C1CC(=O)N(C2CC2)C1. The van der Waals surface area contributed by atoms with E-state index >= 15 is 0 Å². The predicted molar refractivity (Wildman–Crippen MR) is 69.2 cm³/mol. The molecule has 1 heterocycles. The zero-order valence-electron chi connectivity index (χ0n) is 11.2. The molecule has 0 aromatic heterocycles. The first kappa shape index (κ1) is 12.9. The van der Waals surface area contributed by atoms with Gasteiger partial charge in [0.05, 0.1) is 18.1 Å². The highest BCUT2D eigenvalue weighted by atomic mass is 16.3. The summed E-state index contributed by atoms with van der Waals surface area (Å²) in [5.41, 5.74) is 0. The molecule has 3 atom stereocenters.